The predicted octanol–water partition coefficient (Wildman–Crippen LogP) is 3.60. The Labute approximate surface area is 225 Å². The second kappa shape index (κ2) is 10.4. The summed E-state index contributed by atoms with van der Waals surface area (Å²) in [5, 5.41) is 2.59. The zero-order valence-corrected chi connectivity index (χ0v) is 22.1. The Morgan fingerprint density at radius 3 is 2.31 bits per heavy atom. The van der Waals surface area contributed by atoms with Crippen LogP contribution in [0.2, 0.25) is 0 Å². The van der Waals surface area contributed by atoms with E-state index in [1.165, 1.54) is 34.7 Å². The number of ether oxygens (including phenoxy) is 1. The molecule has 1 aliphatic carbocycles. The molecule has 3 amide bonds. The number of hydrogen-bond donors (Lipinski definition) is 1. The molecule has 39 heavy (non-hydrogen) atoms. The molecule has 2 aromatic carbocycles. The van der Waals surface area contributed by atoms with Crippen LogP contribution in [-0.2, 0) is 16.6 Å². The zero-order chi connectivity index (χ0) is 27.8. The molecule has 10 nitrogen and oxygen atoms in total. The lowest BCUT2D eigenvalue weighted by molar-refractivity contribution is -0.123. The van der Waals surface area contributed by atoms with Gasteiger partial charge >= 0.3 is 5.97 Å². The van der Waals surface area contributed by atoms with Gasteiger partial charge in [0.25, 0.3) is 23.3 Å². The number of esters is 1. The second-order valence-corrected chi connectivity index (χ2v) is 10.0. The minimum Gasteiger partial charge on any atom is -0.449 e. The zero-order valence-electron chi connectivity index (χ0n) is 22.1. The molecular weight excluding hydrogens is 500 g/mol. The van der Waals surface area contributed by atoms with Gasteiger partial charge in [-0.05, 0) is 57.0 Å². The molecule has 202 valence electrons. The van der Waals surface area contributed by atoms with Crippen molar-refractivity contribution in [2.75, 3.05) is 5.32 Å². The molecule has 3 aromatic rings. The highest BCUT2D eigenvalue weighted by molar-refractivity contribution is 6.22. The van der Waals surface area contributed by atoms with Gasteiger partial charge in [-0.15, -0.1) is 0 Å². The van der Waals surface area contributed by atoms with Crippen LogP contribution in [0.1, 0.15) is 75.8 Å². The largest absolute Gasteiger partial charge is 0.449 e. The van der Waals surface area contributed by atoms with Crippen molar-refractivity contribution < 1.29 is 23.9 Å². The molecule has 1 unspecified atom stereocenters. The molecule has 0 bridgehead atoms. The van der Waals surface area contributed by atoms with Crippen LogP contribution < -0.4 is 10.9 Å². The first-order valence-corrected chi connectivity index (χ1v) is 13.1. The number of benzene rings is 2. The number of carbonyl (C=O) groups is 4. The monoisotopic (exact) mass is 530 g/mol. The number of para-hydroxylation sites is 1. The minimum absolute atomic E-state index is 0.0577. The second-order valence-electron chi connectivity index (χ2n) is 10.0. The molecule has 2 heterocycles. The first-order valence-electron chi connectivity index (χ1n) is 13.1. The van der Waals surface area contributed by atoms with Gasteiger partial charge in [-0.25, -0.2) is 9.48 Å². The summed E-state index contributed by atoms with van der Waals surface area (Å²) in [6.45, 7) is 3.10. The highest BCUT2D eigenvalue weighted by Crippen LogP contribution is 2.31. The maximum absolute atomic E-state index is 13.1. The lowest BCUT2D eigenvalue weighted by Crippen LogP contribution is -2.40. The van der Waals surface area contributed by atoms with Gasteiger partial charge in [0, 0.05) is 13.1 Å². The van der Waals surface area contributed by atoms with Crippen LogP contribution in [0.4, 0.5) is 5.69 Å². The van der Waals surface area contributed by atoms with Gasteiger partial charge in [-0.3, -0.25) is 28.8 Å². The van der Waals surface area contributed by atoms with Crippen LogP contribution in [0.25, 0.3) is 5.69 Å². The van der Waals surface area contributed by atoms with Gasteiger partial charge in [0.2, 0.25) is 0 Å². The summed E-state index contributed by atoms with van der Waals surface area (Å²) in [4.78, 5) is 66.1. The van der Waals surface area contributed by atoms with E-state index in [1.54, 1.807) is 42.9 Å². The normalized spacial score (nSPS) is 16.2. The average Bonchev–Trinajstić information content (AvgIpc) is 3.32. The third-order valence-electron chi connectivity index (χ3n) is 7.55. The SMILES string of the molecule is Cc1c(NC(=O)C(C)OC(=O)c2ccc3c(c2)C(=O)N(C2CCCCC2)C3=O)c(=O)n(-c2ccccc2)n1C. The number of imide groups is 1. The Hall–Kier alpha value is -4.47. The average molecular weight is 531 g/mol. The van der Waals surface area contributed by atoms with Crippen LogP contribution in [0.15, 0.2) is 53.3 Å². The van der Waals surface area contributed by atoms with E-state index in [2.05, 4.69) is 5.32 Å². The van der Waals surface area contributed by atoms with E-state index in [1.807, 2.05) is 6.07 Å². The molecule has 1 fully saturated rings. The molecule has 1 saturated carbocycles. The van der Waals surface area contributed by atoms with Crippen molar-refractivity contribution in [2.45, 2.75) is 58.1 Å². The summed E-state index contributed by atoms with van der Waals surface area (Å²) in [7, 11) is 1.71. The highest BCUT2D eigenvalue weighted by Gasteiger charge is 2.40. The molecule has 10 heteroatoms. The Kier molecular flexibility index (Phi) is 6.94. The van der Waals surface area contributed by atoms with Crippen LogP contribution >= 0.6 is 0 Å². The van der Waals surface area contributed by atoms with E-state index in [0.29, 0.717) is 11.4 Å². The number of amides is 3. The molecular formula is C29H30N4O6. The maximum atomic E-state index is 13.1. The number of rotatable bonds is 6. The van der Waals surface area contributed by atoms with Crippen LogP contribution in [0, 0.1) is 6.92 Å². The van der Waals surface area contributed by atoms with Crippen molar-refractivity contribution in [3.8, 4) is 5.69 Å². The van der Waals surface area contributed by atoms with E-state index in [4.69, 9.17) is 4.74 Å². The highest BCUT2D eigenvalue weighted by atomic mass is 16.5. The summed E-state index contributed by atoms with van der Waals surface area (Å²) in [6.07, 6.45) is 3.37. The molecule has 2 aliphatic rings. The van der Waals surface area contributed by atoms with E-state index < -0.39 is 29.4 Å². The molecule has 5 rings (SSSR count). The molecule has 1 N–H and O–H groups in total. The first kappa shape index (κ1) is 26.1. The fourth-order valence-electron chi connectivity index (χ4n) is 5.28. The molecule has 0 saturated heterocycles. The van der Waals surface area contributed by atoms with E-state index in [-0.39, 0.29) is 34.3 Å². The van der Waals surface area contributed by atoms with Crippen LogP contribution in [-0.4, -0.2) is 50.1 Å². The van der Waals surface area contributed by atoms with Gasteiger partial charge in [-0.2, -0.15) is 0 Å². The fraction of sp³-hybridized carbons (Fsp3) is 0.345. The molecule has 1 aliphatic heterocycles. The summed E-state index contributed by atoms with van der Waals surface area (Å²) in [6, 6.07) is 13.1. The number of carbonyl (C=O) groups excluding carboxylic acids is 4. The van der Waals surface area contributed by atoms with E-state index >= 15 is 0 Å². The third kappa shape index (κ3) is 4.67. The lowest BCUT2D eigenvalue weighted by atomic mass is 9.94. The number of nitrogens with one attached hydrogen (secondary N) is 1. The lowest BCUT2D eigenvalue weighted by Gasteiger charge is -2.29. The number of fused-ring (bicyclic) bond motifs is 1. The Morgan fingerprint density at radius 2 is 1.62 bits per heavy atom. The molecule has 1 aromatic heterocycles. The fourth-order valence-corrected chi connectivity index (χ4v) is 5.28. The van der Waals surface area contributed by atoms with Crippen molar-refractivity contribution >= 4 is 29.4 Å². The van der Waals surface area contributed by atoms with Gasteiger partial charge in [0.15, 0.2) is 6.10 Å². The Balaban J connectivity index is 1.29. The van der Waals surface area contributed by atoms with Crippen LogP contribution in [0.3, 0.4) is 0 Å². The van der Waals surface area contributed by atoms with Crippen molar-refractivity contribution in [1.29, 1.82) is 0 Å². The predicted molar refractivity (Wildman–Crippen MR) is 143 cm³/mol. The van der Waals surface area contributed by atoms with Gasteiger partial charge in [0.05, 0.1) is 28.1 Å². The summed E-state index contributed by atoms with van der Waals surface area (Å²) in [5.41, 5.74) is 1.32. The Bertz CT molecular complexity index is 1530. The number of nitrogens with zero attached hydrogens (tertiary/aromatic N) is 3. The maximum Gasteiger partial charge on any atom is 0.338 e. The van der Waals surface area contributed by atoms with E-state index in [9.17, 15) is 24.0 Å². The van der Waals surface area contributed by atoms with Gasteiger partial charge in [0.1, 0.15) is 5.69 Å². The number of aromatic nitrogens is 2. The minimum atomic E-state index is -1.23. The number of hydrogen-bond acceptors (Lipinski definition) is 6. The smallest absolute Gasteiger partial charge is 0.338 e. The quantitative estimate of drug-likeness (QED) is 0.384. The molecule has 0 spiro atoms. The van der Waals surface area contributed by atoms with Crippen molar-refractivity contribution in [2.24, 2.45) is 7.05 Å². The van der Waals surface area contributed by atoms with Crippen LogP contribution in [0.5, 0.6) is 0 Å². The summed E-state index contributed by atoms with van der Waals surface area (Å²) in [5.74, 6) is -2.24. The molecule has 0 radical (unpaired) electrons. The van der Waals surface area contributed by atoms with E-state index in [0.717, 1.165) is 32.1 Å². The number of anilines is 1. The standard InChI is InChI=1S/C29H30N4O6/c1-17-24(28(37)33(31(17)3)21-12-8-5-9-13-21)30-25(34)18(2)39-29(38)19-14-15-22-23(16-19)27(36)32(26(22)35)20-10-6-4-7-11-20/h5,8-9,12-16,18,20H,4,6-7,10-11H2,1-3H3,(H,30,34). The topological polar surface area (TPSA) is 120 Å². The van der Waals surface area contributed by atoms with Gasteiger partial charge in [-0.1, -0.05) is 37.5 Å². The Morgan fingerprint density at radius 1 is 0.949 bits per heavy atom. The van der Waals surface area contributed by atoms with Gasteiger partial charge < -0.3 is 10.1 Å². The summed E-state index contributed by atoms with van der Waals surface area (Å²) < 4.78 is 8.42. The van der Waals surface area contributed by atoms with Crippen molar-refractivity contribution in [1.82, 2.24) is 14.3 Å². The summed E-state index contributed by atoms with van der Waals surface area (Å²) >= 11 is 0. The molecule has 1 atom stereocenters. The van der Waals surface area contributed by atoms with Crippen molar-refractivity contribution in [3.63, 3.8) is 0 Å². The third-order valence-corrected chi connectivity index (χ3v) is 7.55. The van der Waals surface area contributed by atoms with Crippen molar-refractivity contribution in [3.05, 3.63) is 81.3 Å². The first-order chi connectivity index (χ1) is 18.7.